The van der Waals surface area contributed by atoms with E-state index in [2.05, 4.69) is 5.32 Å². The van der Waals surface area contributed by atoms with Gasteiger partial charge in [-0.3, -0.25) is 9.59 Å². The van der Waals surface area contributed by atoms with E-state index in [9.17, 15) is 9.59 Å². The maximum atomic E-state index is 11.8. The largest absolute Gasteiger partial charge is 0.325 e. The molecule has 1 fully saturated rings. The lowest BCUT2D eigenvalue weighted by atomic mass is 10.1. The smallest absolute Gasteiger partial charge is 0.238 e. The molecule has 0 unspecified atom stereocenters. The van der Waals surface area contributed by atoms with Gasteiger partial charge in [0, 0.05) is 24.3 Å². The number of benzene rings is 1. The number of rotatable bonds is 3. The quantitative estimate of drug-likeness (QED) is 0.899. The van der Waals surface area contributed by atoms with Gasteiger partial charge in [0.15, 0.2) is 0 Å². The summed E-state index contributed by atoms with van der Waals surface area (Å²) >= 11 is 0. The van der Waals surface area contributed by atoms with Gasteiger partial charge in [-0.2, -0.15) is 5.26 Å². The second-order valence-corrected chi connectivity index (χ2v) is 4.53. The van der Waals surface area contributed by atoms with E-state index in [0.717, 1.165) is 24.2 Å². The van der Waals surface area contributed by atoms with Gasteiger partial charge in [0.25, 0.3) is 0 Å². The topological polar surface area (TPSA) is 73.2 Å². The molecule has 2 rings (SSSR count). The summed E-state index contributed by atoms with van der Waals surface area (Å²) in [5, 5.41) is 11.1. The molecule has 1 saturated heterocycles. The van der Waals surface area contributed by atoms with Crippen molar-refractivity contribution in [3.05, 3.63) is 23.8 Å². The molecular weight excluding hydrogens is 242 g/mol. The van der Waals surface area contributed by atoms with Crippen molar-refractivity contribution in [2.75, 3.05) is 16.8 Å². The zero-order valence-corrected chi connectivity index (χ0v) is 10.8. The number of carbonyl (C=O) groups excluding carboxylic acids is 2. The molecule has 1 aromatic rings. The zero-order valence-electron chi connectivity index (χ0n) is 10.8. The standard InChI is InChI=1S/C14H15N3O2/c1-10-4-5-11(16-13(18)6-7-15)9-12(10)17-8-2-3-14(17)19/h4-5,9H,2-3,6,8H2,1H3,(H,16,18). The van der Waals surface area contributed by atoms with Gasteiger partial charge < -0.3 is 10.2 Å². The Balaban J connectivity index is 2.22. The van der Waals surface area contributed by atoms with Gasteiger partial charge in [0.1, 0.15) is 6.42 Å². The highest BCUT2D eigenvalue weighted by atomic mass is 16.2. The van der Waals surface area contributed by atoms with Crippen molar-refractivity contribution in [2.45, 2.75) is 26.2 Å². The Morgan fingerprint density at radius 2 is 2.32 bits per heavy atom. The van der Waals surface area contributed by atoms with Crippen LogP contribution < -0.4 is 10.2 Å². The molecule has 1 aromatic carbocycles. The first-order valence-corrected chi connectivity index (χ1v) is 6.19. The van der Waals surface area contributed by atoms with Crippen LogP contribution in [-0.4, -0.2) is 18.4 Å². The van der Waals surface area contributed by atoms with Crippen LogP contribution in [0.25, 0.3) is 0 Å². The molecule has 0 bridgehead atoms. The van der Waals surface area contributed by atoms with Crippen LogP contribution in [0.4, 0.5) is 11.4 Å². The van der Waals surface area contributed by atoms with E-state index in [-0.39, 0.29) is 18.2 Å². The number of hydrogen-bond donors (Lipinski definition) is 1. The van der Waals surface area contributed by atoms with Crippen molar-refractivity contribution in [1.82, 2.24) is 0 Å². The molecule has 19 heavy (non-hydrogen) atoms. The van der Waals surface area contributed by atoms with Crippen LogP contribution in [0.3, 0.4) is 0 Å². The lowest BCUT2D eigenvalue weighted by Crippen LogP contribution is -2.24. The number of nitrogens with zero attached hydrogens (tertiary/aromatic N) is 2. The van der Waals surface area contributed by atoms with Crippen molar-refractivity contribution in [3.63, 3.8) is 0 Å². The highest BCUT2D eigenvalue weighted by molar-refractivity contribution is 5.98. The van der Waals surface area contributed by atoms with E-state index in [1.165, 1.54) is 0 Å². The van der Waals surface area contributed by atoms with E-state index in [1.807, 2.05) is 13.0 Å². The fourth-order valence-corrected chi connectivity index (χ4v) is 2.16. The van der Waals surface area contributed by atoms with Gasteiger partial charge in [0.2, 0.25) is 11.8 Å². The molecule has 5 nitrogen and oxygen atoms in total. The average molecular weight is 257 g/mol. The molecule has 0 spiro atoms. The van der Waals surface area contributed by atoms with Gasteiger partial charge in [-0.1, -0.05) is 6.07 Å². The Bertz CT molecular complexity index is 560. The highest BCUT2D eigenvalue weighted by Crippen LogP contribution is 2.28. The third-order valence-electron chi connectivity index (χ3n) is 3.10. The highest BCUT2D eigenvalue weighted by Gasteiger charge is 2.23. The van der Waals surface area contributed by atoms with Crippen molar-refractivity contribution in [2.24, 2.45) is 0 Å². The van der Waals surface area contributed by atoms with Gasteiger partial charge in [-0.15, -0.1) is 0 Å². The molecule has 0 aromatic heterocycles. The van der Waals surface area contributed by atoms with Crippen molar-refractivity contribution in [3.8, 4) is 6.07 Å². The number of carbonyl (C=O) groups is 2. The first kappa shape index (κ1) is 13.1. The maximum absolute atomic E-state index is 11.8. The molecular formula is C14H15N3O2. The molecule has 1 aliphatic rings. The van der Waals surface area contributed by atoms with Crippen molar-refractivity contribution >= 4 is 23.2 Å². The van der Waals surface area contributed by atoms with E-state index < -0.39 is 0 Å². The maximum Gasteiger partial charge on any atom is 0.238 e. The summed E-state index contributed by atoms with van der Waals surface area (Å²) in [7, 11) is 0. The predicted octanol–water partition coefficient (Wildman–Crippen LogP) is 1.97. The monoisotopic (exact) mass is 257 g/mol. The Hall–Kier alpha value is -2.35. The van der Waals surface area contributed by atoms with Crippen LogP contribution in [0.1, 0.15) is 24.8 Å². The molecule has 1 aliphatic heterocycles. The molecule has 0 radical (unpaired) electrons. The Morgan fingerprint density at radius 1 is 1.53 bits per heavy atom. The molecule has 1 N–H and O–H groups in total. The zero-order chi connectivity index (χ0) is 13.8. The van der Waals surface area contributed by atoms with Crippen molar-refractivity contribution in [1.29, 1.82) is 5.26 Å². The summed E-state index contributed by atoms with van der Waals surface area (Å²) in [6.45, 7) is 2.65. The van der Waals surface area contributed by atoms with Gasteiger partial charge >= 0.3 is 0 Å². The van der Waals surface area contributed by atoms with Gasteiger partial charge in [-0.25, -0.2) is 0 Å². The first-order chi connectivity index (χ1) is 9.11. The molecule has 98 valence electrons. The summed E-state index contributed by atoms with van der Waals surface area (Å²) in [5.74, 6) is -0.228. The molecule has 0 aliphatic carbocycles. The summed E-state index contributed by atoms with van der Waals surface area (Å²) in [6, 6.07) is 7.22. The minimum Gasteiger partial charge on any atom is -0.325 e. The fraction of sp³-hybridized carbons (Fsp3) is 0.357. The number of amides is 2. The Morgan fingerprint density at radius 3 is 2.95 bits per heavy atom. The SMILES string of the molecule is Cc1ccc(NC(=O)CC#N)cc1N1CCCC1=O. The minimum absolute atomic E-state index is 0.114. The minimum atomic E-state index is -0.343. The Kier molecular flexibility index (Phi) is 3.81. The third kappa shape index (κ3) is 2.91. The summed E-state index contributed by atoms with van der Waals surface area (Å²) in [6.07, 6.45) is 1.26. The lowest BCUT2D eigenvalue weighted by Gasteiger charge is -2.19. The van der Waals surface area contributed by atoms with Crippen LogP contribution >= 0.6 is 0 Å². The number of anilines is 2. The molecule has 0 atom stereocenters. The third-order valence-corrected chi connectivity index (χ3v) is 3.10. The van der Waals surface area contributed by atoms with E-state index in [0.29, 0.717) is 12.1 Å². The van der Waals surface area contributed by atoms with Crippen LogP contribution in [0.5, 0.6) is 0 Å². The predicted molar refractivity (Wildman–Crippen MR) is 71.6 cm³/mol. The van der Waals surface area contributed by atoms with Gasteiger partial charge in [-0.05, 0) is 31.0 Å². The van der Waals surface area contributed by atoms with E-state index in [4.69, 9.17) is 5.26 Å². The molecule has 2 amide bonds. The van der Waals surface area contributed by atoms with Crippen LogP contribution in [0, 0.1) is 18.3 Å². The number of nitrogens with one attached hydrogen (secondary N) is 1. The van der Waals surface area contributed by atoms with Crippen LogP contribution in [-0.2, 0) is 9.59 Å². The van der Waals surface area contributed by atoms with Gasteiger partial charge in [0.05, 0.1) is 6.07 Å². The number of hydrogen-bond acceptors (Lipinski definition) is 3. The summed E-state index contributed by atoms with van der Waals surface area (Å²) in [4.78, 5) is 24.9. The Labute approximate surface area is 111 Å². The first-order valence-electron chi connectivity index (χ1n) is 6.19. The normalized spacial score (nSPS) is 14.3. The van der Waals surface area contributed by atoms with E-state index in [1.54, 1.807) is 23.1 Å². The lowest BCUT2D eigenvalue weighted by molar-refractivity contribution is -0.117. The number of aryl methyl sites for hydroxylation is 1. The van der Waals surface area contributed by atoms with Crippen LogP contribution in [0.15, 0.2) is 18.2 Å². The molecule has 1 heterocycles. The van der Waals surface area contributed by atoms with E-state index >= 15 is 0 Å². The summed E-state index contributed by atoms with van der Waals surface area (Å²) < 4.78 is 0. The fourth-order valence-electron chi connectivity index (χ4n) is 2.16. The summed E-state index contributed by atoms with van der Waals surface area (Å²) in [5.41, 5.74) is 2.44. The van der Waals surface area contributed by atoms with Crippen LogP contribution in [0.2, 0.25) is 0 Å². The van der Waals surface area contributed by atoms with Crippen molar-refractivity contribution < 1.29 is 9.59 Å². The molecule has 0 saturated carbocycles. The molecule has 5 heteroatoms. The average Bonchev–Trinajstić information content (AvgIpc) is 2.78. The number of nitriles is 1. The second kappa shape index (κ2) is 5.53. The second-order valence-electron chi connectivity index (χ2n) is 4.53.